The summed E-state index contributed by atoms with van der Waals surface area (Å²) < 4.78 is 11.8. The van der Waals surface area contributed by atoms with E-state index in [1.807, 2.05) is 0 Å². The second kappa shape index (κ2) is 7.59. The van der Waals surface area contributed by atoms with Crippen LogP contribution in [0, 0.1) is 0 Å². The lowest BCUT2D eigenvalue weighted by atomic mass is 10.1. The lowest BCUT2D eigenvalue weighted by Crippen LogP contribution is -2.29. The summed E-state index contributed by atoms with van der Waals surface area (Å²) in [5.74, 6) is 0.794. The smallest absolute Gasteiger partial charge is 0.267 e. The van der Waals surface area contributed by atoms with Gasteiger partial charge >= 0.3 is 0 Å². The van der Waals surface area contributed by atoms with Crippen LogP contribution in [0.25, 0.3) is 11.3 Å². The van der Waals surface area contributed by atoms with Crippen molar-refractivity contribution >= 4 is 17.4 Å². The average molecular weight is 391 g/mol. The Morgan fingerprint density at radius 3 is 2.55 bits per heavy atom. The van der Waals surface area contributed by atoms with Crippen LogP contribution in [0.4, 0.5) is 5.69 Å². The largest absolute Gasteiger partial charge is 0.454 e. The Morgan fingerprint density at radius 2 is 1.79 bits per heavy atom. The third-order valence-corrected chi connectivity index (χ3v) is 4.40. The van der Waals surface area contributed by atoms with Crippen LogP contribution in [0.2, 0.25) is 0 Å². The molecule has 1 aromatic heterocycles. The Morgan fingerprint density at radius 1 is 1.03 bits per heavy atom. The maximum Gasteiger partial charge on any atom is 0.267 e. The zero-order valence-electron chi connectivity index (χ0n) is 15.5. The monoisotopic (exact) mass is 391 g/mol. The molecule has 0 spiro atoms. The van der Waals surface area contributed by atoms with E-state index in [9.17, 15) is 14.4 Å². The zero-order valence-corrected chi connectivity index (χ0v) is 15.5. The van der Waals surface area contributed by atoms with Gasteiger partial charge in [0.05, 0.1) is 5.69 Å². The number of fused-ring (bicyclic) bond motifs is 1. The van der Waals surface area contributed by atoms with E-state index in [0.717, 1.165) is 10.2 Å². The van der Waals surface area contributed by atoms with Crippen LogP contribution in [-0.4, -0.2) is 28.3 Å². The molecule has 1 aliphatic rings. The molecular weight excluding hydrogens is 374 g/mol. The van der Waals surface area contributed by atoms with Gasteiger partial charge in [0.15, 0.2) is 17.3 Å². The number of carbonyl (C=O) groups is 2. The first kappa shape index (κ1) is 18.4. The minimum absolute atomic E-state index is 0.0565. The molecule has 1 amide bonds. The van der Waals surface area contributed by atoms with E-state index in [-0.39, 0.29) is 19.1 Å². The molecule has 8 nitrogen and oxygen atoms in total. The molecule has 1 aliphatic heterocycles. The highest BCUT2D eigenvalue weighted by molar-refractivity contribution is 5.95. The Hall–Kier alpha value is -3.94. The van der Waals surface area contributed by atoms with Gasteiger partial charge in [0.25, 0.3) is 5.56 Å². The number of nitrogens with zero attached hydrogens (tertiary/aromatic N) is 2. The second-order valence-electron chi connectivity index (χ2n) is 6.46. The number of aromatic nitrogens is 2. The number of rotatable bonds is 5. The van der Waals surface area contributed by atoms with Crippen molar-refractivity contribution in [2.45, 2.75) is 13.5 Å². The molecule has 1 N–H and O–H groups in total. The molecule has 0 atom stereocenters. The van der Waals surface area contributed by atoms with E-state index in [0.29, 0.717) is 28.4 Å². The fourth-order valence-electron chi connectivity index (χ4n) is 2.90. The quantitative estimate of drug-likeness (QED) is 0.671. The summed E-state index contributed by atoms with van der Waals surface area (Å²) in [4.78, 5) is 35.8. The highest BCUT2D eigenvalue weighted by atomic mass is 16.7. The maximum atomic E-state index is 12.3. The van der Waals surface area contributed by atoms with Crippen LogP contribution < -0.4 is 20.3 Å². The molecule has 146 valence electrons. The van der Waals surface area contributed by atoms with Crippen LogP contribution in [0.3, 0.4) is 0 Å². The van der Waals surface area contributed by atoms with Gasteiger partial charge in [-0.15, -0.1) is 0 Å². The highest BCUT2D eigenvalue weighted by Crippen LogP contribution is 2.35. The fourth-order valence-corrected chi connectivity index (χ4v) is 2.90. The molecule has 4 rings (SSSR count). The van der Waals surface area contributed by atoms with Gasteiger partial charge < -0.3 is 14.8 Å². The summed E-state index contributed by atoms with van der Waals surface area (Å²) in [6.45, 7) is 1.39. The van der Waals surface area contributed by atoms with Gasteiger partial charge in [0, 0.05) is 22.9 Å². The first-order valence-electron chi connectivity index (χ1n) is 8.89. The van der Waals surface area contributed by atoms with Gasteiger partial charge in [-0.25, -0.2) is 4.68 Å². The molecule has 29 heavy (non-hydrogen) atoms. The summed E-state index contributed by atoms with van der Waals surface area (Å²) in [5.41, 5.74) is 1.96. The van der Waals surface area contributed by atoms with Gasteiger partial charge in [-0.1, -0.05) is 0 Å². The van der Waals surface area contributed by atoms with E-state index in [4.69, 9.17) is 9.47 Å². The number of nitrogens with one attached hydrogen (secondary N) is 1. The van der Waals surface area contributed by atoms with Gasteiger partial charge in [-0.05, 0) is 55.5 Å². The molecule has 2 heterocycles. The summed E-state index contributed by atoms with van der Waals surface area (Å²) in [6.07, 6.45) is 0. The molecular formula is C21H17N3O5. The predicted octanol–water partition coefficient (Wildman–Crippen LogP) is 2.48. The zero-order chi connectivity index (χ0) is 20.4. The number of ketones is 1. The maximum absolute atomic E-state index is 12.3. The van der Waals surface area contributed by atoms with E-state index < -0.39 is 11.5 Å². The van der Waals surface area contributed by atoms with Crippen molar-refractivity contribution in [2.24, 2.45) is 0 Å². The topological polar surface area (TPSA) is 99.5 Å². The van der Waals surface area contributed by atoms with Gasteiger partial charge in [0.2, 0.25) is 12.7 Å². The molecule has 0 bridgehead atoms. The standard InChI is InChI=1S/C21H17N3O5/c1-13(25)14-2-5-16(6-3-14)22-20(26)11-24-21(27)9-7-17(23-24)15-4-8-18-19(10-15)29-12-28-18/h2-10H,11-12H2,1H3,(H,22,26). The molecule has 0 unspecified atom stereocenters. The van der Waals surface area contributed by atoms with Gasteiger partial charge in [-0.3, -0.25) is 14.4 Å². The Balaban J connectivity index is 1.51. The normalized spacial score (nSPS) is 11.9. The number of hydrogen-bond donors (Lipinski definition) is 1. The minimum Gasteiger partial charge on any atom is -0.454 e. The number of Topliss-reactive ketones (excluding diaryl/α,β-unsaturated/α-hetero) is 1. The van der Waals surface area contributed by atoms with Crippen molar-refractivity contribution in [3.8, 4) is 22.8 Å². The third-order valence-electron chi connectivity index (χ3n) is 4.40. The first-order valence-corrected chi connectivity index (χ1v) is 8.89. The van der Waals surface area contributed by atoms with Gasteiger partial charge in [-0.2, -0.15) is 5.10 Å². The molecule has 2 aromatic carbocycles. The summed E-state index contributed by atoms with van der Waals surface area (Å²) >= 11 is 0. The summed E-state index contributed by atoms with van der Waals surface area (Å²) in [6, 6.07) is 14.8. The molecule has 0 radical (unpaired) electrons. The lowest BCUT2D eigenvalue weighted by Gasteiger charge is -2.09. The first-order chi connectivity index (χ1) is 14.0. The number of ether oxygens (including phenoxy) is 2. The lowest BCUT2D eigenvalue weighted by molar-refractivity contribution is -0.117. The molecule has 0 saturated carbocycles. The fraction of sp³-hybridized carbons (Fsp3) is 0.143. The summed E-state index contributed by atoms with van der Waals surface area (Å²) in [5, 5.41) is 6.98. The third kappa shape index (κ3) is 4.01. The Labute approximate surface area is 165 Å². The minimum atomic E-state index is -0.405. The van der Waals surface area contributed by atoms with Crippen molar-refractivity contribution in [1.29, 1.82) is 0 Å². The van der Waals surface area contributed by atoms with E-state index in [1.165, 1.54) is 13.0 Å². The van der Waals surface area contributed by atoms with E-state index in [2.05, 4.69) is 10.4 Å². The van der Waals surface area contributed by atoms with Gasteiger partial charge in [0.1, 0.15) is 6.54 Å². The number of amides is 1. The Kier molecular flexibility index (Phi) is 4.82. The number of carbonyl (C=O) groups excluding carboxylic acids is 2. The molecule has 0 aliphatic carbocycles. The van der Waals surface area contributed by atoms with E-state index >= 15 is 0 Å². The predicted molar refractivity (Wildman–Crippen MR) is 105 cm³/mol. The van der Waals surface area contributed by atoms with Crippen LogP contribution in [0.1, 0.15) is 17.3 Å². The van der Waals surface area contributed by atoms with Crippen LogP contribution in [0.15, 0.2) is 59.4 Å². The van der Waals surface area contributed by atoms with Crippen LogP contribution >= 0.6 is 0 Å². The van der Waals surface area contributed by atoms with Crippen LogP contribution in [-0.2, 0) is 11.3 Å². The second-order valence-corrected chi connectivity index (χ2v) is 6.46. The van der Waals surface area contributed by atoms with Crippen molar-refractivity contribution in [3.05, 3.63) is 70.5 Å². The van der Waals surface area contributed by atoms with Crippen molar-refractivity contribution < 1.29 is 19.1 Å². The van der Waals surface area contributed by atoms with E-state index in [1.54, 1.807) is 48.5 Å². The van der Waals surface area contributed by atoms with Crippen molar-refractivity contribution in [1.82, 2.24) is 9.78 Å². The Bertz CT molecular complexity index is 1150. The SMILES string of the molecule is CC(=O)c1ccc(NC(=O)Cn2nc(-c3ccc4c(c3)OCO4)ccc2=O)cc1. The van der Waals surface area contributed by atoms with Crippen molar-refractivity contribution in [3.63, 3.8) is 0 Å². The number of hydrogen-bond acceptors (Lipinski definition) is 6. The van der Waals surface area contributed by atoms with Crippen molar-refractivity contribution in [2.75, 3.05) is 12.1 Å². The average Bonchev–Trinajstić information content (AvgIpc) is 3.18. The highest BCUT2D eigenvalue weighted by Gasteiger charge is 2.15. The molecule has 0 fully saturated rings. The molecule has 8 heteroatoms. The summed E-state index contributed by atoms with van der Waals surface area (Å²) in [7, 11) is 0. The number of anilines is 1. The molecule has 3 aromatic rings. The van der Waals surface area contributed by atoms with Crippen LogP contribution in [0.5, 0.6) is 11.5 Å². The number of benzene rings is 2. The molecule has 0 saturated heterocycles.